The summed E-state index contributed by atoms with van der Waals surface area (Å²) in [6, 6.07) is 1.76. The fourth-order valence-electron chi connectivity index (χ4n) is 1.18. The summed E-state index contributed by atoms with van der Waals surface area (Å²) >= 11 is 4.65. The van der Waals surface area contributed by atoms with Gasteiger partial charge in [0.15, 0.2) is 0 Å². The van der Waals surface area contributed by atoms with Crippen LogP contribution in [0.1, 0.15) is 15.5 Å². The molecule has 0 bridgehead atoms. The minimum Gasteiger partial charge on any atom is -0.325 e. The van der Waals surface area contributed by atoms with Crippen LogP contribution in [0, 0.1) is 0 Å². The molecule has 0 aliphatic carbocycles. The van der Waals surface area contributed by atoms with Crippen molar-refractivity contribution in [3.63, 3.8) is 0 Å². The Balaban J connectivity index is 2.11. The number of amides is 1. The lowest BCUT2D eigenvalue weighted by molar-refractivity contribution is 0.102. The Hall–Kier alpha value is -1.31. The lowest BCUT2D eigenvalue weighted by atomic mass is 10.4. The molecule has 88 valence electrons. The van der Waals surface area contributed by atoms with Crippen LogP contribution in [0.5, 0.6) is 0 Å². The maximum atomic E-state index is 11.8. The molecule has 0 saturated heterocycles. The standard InChI is InChI=1S/C10H9BrN4OS/c11-6-1-7(4-13-3-6)14-10(16)8-5-17-9(2-12)15-8/h1,3-5H,2,12H2,(H,14,16). The van der Waals surface area contributed by atoms with E-state index in [-0.39, 0.29) is 5.91 Å². The van der Waals surface area contributed by atoms with Crippen molar-refractivity contribution in [2.45, 2.75) is 6.54 Å². The number of carbonyl (C=O) groups excluding carboxylic acids is 1. The van der Waals surface area contributed by atoms with Crippen LogP contribution in [0.4, 0.5) is 5.69 Å². The van der Waals surface area contributed by atoms with Crippen molar-refractivity contribution in [1.82, 2.24) is 9.97 Å². The van der Waals surface area contributed by atoms with Crippen molar-refractivity contribution in [3.8, 4) is 0 Å². The number of rotatable bonds is 3. The van der Waals surface area contributed by atoms with Crippen LogP contribution < -0.4 is 11.1 Å². The third-order valence-electron chi connectivity index (χ3n) is 1.92. The molecule has 7 heteroatoms. The molecule has 0 aliphatic heterocycles. The molecule has 2 heterocycles. The SMILES string of the molecule is NCc1nc(C(=O)Nc2cncc(Br)c2)cs1. The third-order valence-corrected chi connectivity index (χ3v) is 3.23. The van der Waals surface area contributed by atoms with Crippen LogP contribution in [0.15, 0.2) is 28.3 Å². The Labute approximate surface area is 110 Å². The van der Waals surface area contributed by atoms with Gasteiger partial charge in [0.1, 0.15) is 10.7 Å². The van der Waals surface area contributed by atoms with Crippen LogP contribution in [0.25, 0.3) is 0 Å². The van der Waals surface area contributed by atoms with E-state index < -0.39 is 0 Å². The van der Waals surface area contributed by atoms with E-state index in [0.29, 0.717) is 17.9 Å². The van der Waals surface area contributed by atoms with E-state index in [1.165, 1.54) is 11.3 Å². The highest BCUT2D eigenvalue weighted by Crippen LogP contribution is 2.15. The summed E-state index contributed by atoms with van der Waals surface area (Å²) in [5.41, 5.74) is 6.42. The Bertz CT molecular complexity index is 543. The average molecular weight is 313 g/mol. The number of pyridine rings is 1. The van der Waals surface area contributed by atoms with E-state index in [9.17, 15) is 4.79 Å². The highest BCUT2D eigenvalue weighted by atomic mass is 79.9. The van der Waals surface area contributed by atoms with Gasteiger partial charge in [-0.2, -0.15) is 0 Å². The number of nitrogens with one attached hydrogen (secondary N) is 1. The quantitative estimate of drug-likeness (QED) is 0.908. The van der Waals surface area contributed by atoms with Gasteiger partial charge in [-0.15, -0.1) is 11.3 Å². The lowest BCUT2D eigenvalue weighted by Crippen LogP contribution is -2.12. The lowest BCUT2D eigenvalue weighted by Gasteiger charge is -2.02. The minimum absolute atomic E-state index is 0.263. The average Bonchev–Trinajstić information content (AvgIpc) is 2.77. The number of halogens is 1. The van der Waals surface area contributed by atoms with Gasteiger partial charge in [-0.1, -0.05) is 0 Å². The molecule has 0 aliphatic rings. The summed E-state index contributed by atoms with van der Waals surface area (Å²) < 4.78 is 0.802. The van der Waals surface area contributed by atoms with Gasteiger partial charge < -0.3 is 11.1 Å². The zero-order valence-electron chi connectivity index (χ0n) is 8.68. The number of anilines is 1. The summed E-state index contributed by atoms with van der Waals surface area (Å²) in [4.78, 5) is 19.9. The molecule has 2 aromatic heterocycles. The van der Waals surface area contributed by atoms with E-state index in [4.69, 9.17) is 5.73 Å². The second-order valence-corrected chi connectivity index (χ2v) is 5.03. The number of aromatic nitrogens is 2. The summed E-state index contributed by atoms with van der Waals surface area (Å²) in [5, 5.41) is 5.13. The van der Waals surface area contributed by atoms with Crippen LogP contribution in [-0.2, 0) is 6.54 Å². The van der Waals surface area contributed by atoms with Crippen molar-refractivity contribution in [3.05, 3.63) is 39.0 Å². The van der Waals surface area contributed by atoms with E-state index in [2.05, 4.69) is 31.2 Å². The van der Waals surface area contributed by atoms with Gasteiger partial charge in [-0.25, -0.2) is 4.98 Å². The van der Waals surface area contributed by atoms with Crippen LogP contribution in [0.2, 0.25) is 0 Å². The number of nitrogens with zero attached hydrogens (tertiary/aromatic N) is 2. The van der Waals surface area contributed by atoms with E-state index in [0.717, 1.165) is 9.48 Å². The summed E-state index contributed by atoms with van der Waals surface area (Å²) in [6.45, 7) is 0.344. The number of nitrogens with two attached hydrogens (primary N) is 1. The zero-order chi connectivity index (χ0) is 12.3. The molecule has 0 aromatic carbocycles. The van der Waals surface area contributed by atoms with Crippen LogP contribution in [0.3, 0.4) is 0 Å². The second-order valence-electron chi connectivity index (χ2n) is 3.18. The van der Waals surface area contributed by atoms with Gasteiger partial charge in [0, 0.05) is 22.6 Å². The Kier molecular flexibility index (Phi) is 3.82. The zero-order valence-corrected chi connectivity index (χ0v) is 11.1. The fraction of sp³-hybridized carbons (Fsp3) is 0.100. The normalized spacial score (nSPS) is 10.2. The molecule has 0 unspecified atom stereocenters. The van der Waals surface area contributed by atoms with Gasteiger partial charge in [0.2, 0.25) is 0 Å². The summed E-state index contributed by atoms with van der Waals surface area (Å²) in [6.07, 6.45) is 3.21. The van der Waals surface area contributed by atoms with E-state index in [1.807, 2.05) is 0 Å². The predicted octanol–water partition coefficient (Wildman–Crippen LogP) is 2.01. The first-order chi connectivity index (χ1) is 8.19. The smallest absolute Gasteiger partial charge is 0.275 e. The molecular formula is C10H9BrN4OS. The number of thiazole rings is 1. The van der Waals surface area contributed by atoms with Gasteiger partial charge in [0.25, 0.3) is 5.91 Å². The van der Waals surface area contributed by atoms with E-state index >= 15 is 0 Å². The fourth-order valence-corrected chi connectivity index (χ4v) is 2.20. The Morgan fingerprint density at radius 2 is 2.35 bits per heavy atom. The van der Waals surface area contributed by atoms with Crippen molar-refractivity contribution in [2.24, 2.45) is 5.73 Å². The number of carbonyl (C=O) groups is 1. The predicted molar refractivity (Wildman–Crippen MR) is 69.9 cm³/mol. The summed E-state index contributed by atoms with van der Waals surface area (Å²) in [5.74, 6) is -0.263. The van der Waals surface area contributed by atoms with Crippen molar-refractivity contribution < 1.29 is 4.79 Å². The number of hydrogen-bond donors (Lipinski definition) is 2. The molecule has 5 nitrogen and oxygen atoms in total. The maximum Gasteiger partial charge on any atom is 0.275 e. The molecule has 0 saturated carbocycles. The van der Waals surface area contributed by atoms with Gasteiger partial charge in [-0.3, -0.25) is 9.78 Å². The molecule has 2 rings (SSSR count). The molecule has 3 N–H and O–H groups in total. The molecular weight excluding hydrogens is 304 g/mol. The minimum atomic E-state index is -0.263. The highest BCUT2D eigenvalue weighted by Gasteiger charge is 2.10. The molecule has 0 fully saturated rings. The first kappa shape index (κ1) is 12.2. The molecule has 2 aromatic rings. The van der Waals surface area contributed by atoms with Gasteiger partial charge in [0.05, 0.1) is 11.9 Å². The van der Waals surface area contributed by atoms with Gasteiger partial charge >= 0.3 is 0 Å². The Morgan fingerprint density at radius 3 is 3.00 bits per heavy atom. The molecule has 0 radical (unpaired) electrons. The van der Waals surface area contributed by atoms with Crippen molar-refractivity contribution in [2.75, 3.05) is 5.32 Å². The summed E-state index contributed by atoms with van der Waals surface area (Å²) in [7, 11) is 0. The largest absolute Gasteiger partial charge is 0.325 e. The first-order valence-corrected chi connectivity index (χ1v) is 6.42. The van der Waals surface area contributed by atoms with Gasteiger partial charge in [-0.05, 0) is 22.0 Å². The number of hydrogen-bond acceptors (Lipinski definition) is 5. The van der Waals surface area contributed by atoms with E-state index in [1.54, 1.807) is 23.8 Å². The molecule has 17 heavy (non-hydrogen) atoms. The third kappa shape index (κ3) is 3.09. The monoisotopic (exact) mass is 312 g/mol. The van der Waals surface area contributed by atoms with Crippen molar-refractivity contribution >= 4 is 38.9 Å². The highest BCUT2D eigenvalue weighted by molar-refractivity contribution is 9.10. The molecule has 0 spiro atoms. The second kappa shape index (κ2) is 5.35. The van der Waals surface area contributed by atoms with Crippen LogP contribution >= 0.6 is 27.3 Å². The first-order valence-electron chi connectivity index (χ1n) is 4.75. The topological polar surface area (TPSA) is 80.9 Å². The molecule has 1 amide bonds. The maximum absolute atomic E-state index is 11.8. The van der Waals surface area contributed by atoms with Crippen molar-refractivity contribution in [1.29, 1.82) is 0 Å². The Morgan fingerprint density at radius 1 is 1.53 bits per heavy atom. The van der Waals surface area contributed by atoms with Crippen LogP contribution in [-0.4, -0.2) is 15.9 Å². The molecule has 0 atom stereocenters.